The van der Waals surface area contributed by atoms with Gasteiger partial charge < -0.3 is 5.32 Å². The second-order valence-electron chi connectivity index (χ2n) is 2.64. The monoisotopic (exact) mass is 288 g/mol. The van der Waals surface area contributed by atoms with Gasteiger partial charge in [0, 0.05) is 0 Å². The number of hydrogen-bond acceptors (Lipinski definition) is 3. The van der Waals surface area contributed by atoms with Crippen LogP contribution >= 0.6 is 23.8 Å². The Balaban J connectivity index is 3.65. The Hall–Kier alpha value is -1.48. The molecule has 0 bridgehead atoms. The molecule has 1 N–H and O–H groups in total. The lowest BCUT2D eigenvalue weighted by molar-refractivity contribution is -0.387. The van der Waals surface area contributed by atoms with E-state index in [1.54, 1.807) is 5.32 Å². The third-order valence-electron chi connectivity index (χ3n) is 1.65. The van der Waals surface area contributed by atoms with Gasteiger partial charge in [-0.15, -0.1) is 0 Å². The number of benzene rings is 1. The summed E-state index contributed by atoms with van der Waals surface area (Å²) in [6.07, 6.45) is 0. The van der Waals surface area contributed by atoms with E-state index in [4.69, 9.17) is 11.6 Å². The number of rotatable bonds is 2. The molecule has 0 radical (unpaired) electrons. The molecule has 0 saturated heterocycles. The lowest BCUT2D eigenvalue weighted by atomic mass is 10.2. The first kappa shape index (κ1) is 13.6. The SMILES string of the molecule is O=[N+]([O-])c1c(F)c(F)c(F)c(F)c1NC(=S)Cl. The van der Waals surface area contributed by atoms with Gasteiger partial charge in [0.15, 0.2) is 21.8 Å². The smallest absolute Gasteiger partial charge is 0.329 e. The van der Waals surface area contributed by atoms with E-state index in [0.29, 0.717) is 0 Å². The van der Waals surface area contributed by atoms with Crippen molar-refractivity contribution in [1.82, 2.24) is 0 Å². The number of thiocarbonyl (C=S) groups is 1. The minimum Gasteiger partial charge on any atom is -0.329 e. The highest BCUT2D eigenvalue weighted by atomic mass is 35.5. The first-order valence-electron chi connectivity index (χ1n) is 3.74. The predicted octanol–water partition coefficient (Wildman–Crippen LogP) is 3.09. The standard InChI is InChI=1S/C7HClF4N2O2S/c8-7(17)13-5-3(11)1(9)2(10)4(12)6(5)14(15)16/h(H,13,17). The fourth-order valence-electron chi connectivity index (χ4n) is 1.00. The van der Waals surface area contributed by atoms with Crippen molar-refractivity contribution in [2.45, 2.75) is 0 Å². The third-order valence-corrected chi connectivity index (χ3v) is 1.84. The molecule has 4 nitrogen and oxygen atoms in total. The van der Waals surface area contributed by atoms with Crippen LogP contribution in [0.1, 0.15) is 0 Å². The Kier molecular flexibility index (Phi) is 3.83. The number of hydrogen-bond donors (Lipinski definition) is 1. The molecule has 0 heterocycles. The van der Waals surface area contributed by atoms with Crippen LogP contribution in [0, 0.1) is 33.4 Å². The van der Waals surface area contributed by atoms with Crippen LogP contribution < -0.4 is 5.32 Å². The van der Waals surface area contributed by atoms with Gasteiger partial charge in [-0.1, -0.05) is 11.6 Å². The van der Waals surface area contributed by atoms with Crippen molar-refractivity contribution in [3.05, 3.63) is 33.4 Å². The van der Waals surface area contributed by atoms with E-state index in [0.717, 1.165) is 0 Å². The van der Waals surface area contributed by atoms with E-state index in [-0.39, 0.29) is 0 Å². The lowest BCUT2D eigenvalue weighted by Crippen LogP contribution is -2.11. The van der Waals surface area contributed by atoms with Crippen molar-refractivity contribution in [1.29, 1.82) is 0 Å². The lowest BCUT2D eigenvalue weighted by Gasteiger charge is -2.07. The topological polar surface area (TPSA) is 55.2 Å². The molecule has 1 rings (SSSR count). The van der Waals surface area contributed by atoms with Crippen molar-refractivity contribution in [2.24, 2.45) is 0 Å². The highest BCUT2D eigenvalue weighted by molar-refractivity contribution is 7.83. The normalized spacial score (nSPS) is 10.2. The largest absolute Gasteiger partial charge is 0.334 e. The first-order chi connectivity index (χ1) is 7.77. The number of nitro benzene ring substituents is 1. The first-order valence-corrected chi connectivity index (χ1v) is 4.52. The summed E-state index contributed by atoms with van der Waals surface area (Å²) in [5.41, 5.74) is -2.89. The molecule has 0 unspecified atom stereocenters. The van der Waals surface area contributed by atoms with Gasteiger partial charge in [0.25, 0.3) is 0 Å². The average Bonchev–Trinajstić information content (AvgIpc) is 2.22. The minimum absolute atomic E-state index is 0.697. The summed E-state index contributed by atoms with van der Waals surface area (Å²) < 4.78 is 51.1. The second kappa shape index (κ2) is 4.80. The van der Waals surface area contributed by atoms with Gasteiger partial charge in [-0.3, -0.25) is 10.1 Å². The Morgan fingerprint density at radius 2 is 1.65 bits per heavy atom. The molecule has 0 aliphatic rings. The Bertz CT molecular complexity index is 525. The highest BCUT2D eigenvalue weighted by Crippen LogP contribution is 2.34. The summed E-state index contributed by atoms with van der Waals surface area (Å²) in [7, 11) is 0. The molecule has 0 aliphatic heterocycles. The molecule has 0 fully saturated rings. The summed E-state index contributed by atoms with van der Waals surface area (Å²) in [5.74, 6) is -8.63. The molecule has 92 valence electrons. The number of halogens is 5. The molecular weight excluding hydrogens is 288 g/mol. The number of anilines is 1. The molecular formula is C7HClF4N2O2S. The van der Waals surface area contributed by atoms with Crippen LogP contribution in [-0.4, -0.2) is 9.37 Å². The molecule has 0 aliphatic carbocycles. The summed E-state index contributed by atoms with van der Waals surface area (Å²) in [5, 5.41) is 12.1. The molecule has 1 aromatic rings. The van der Waals surface area contributed by atoms with Gasteiger partial charge in [0.05, 0.1) is 4.92 Å². The van der Waals surface area contributed by atoms with Gasteiger partial charge in [0.2, 0.25) is 11.6 Å². The van der Waals surface area contributed by atoms with E-state index in [9.17, 15) is 27.7 Å². The van der Waals surface area contributed by atoms with Crippen LogP contribution in [-0.2, 0) is 0 Å². The quantitative estimate of drug-likeness (QED) is 0.133. The van der Waals surface area contributed by atoms with Crippen molar-refractivity contribution >= 4 is 39.6 Å². The highest BCUT2D eigenvalue weighted by Gasteiger charge is 2.33. The second-order valence-corrected chi connectivity index (χ2v) is 3.65. The third kappa shape index (κ3) is 2.44. The summed E-state index contributed by atoms with van der Waals surface area (Å²) >= 11 is 9.33. The molecule has 0 saturated carbocycles. The Morgan fingerprint density at radius 3 is 2.06 bits per heavy atom. The predicted molar refractivity (Wildman–Crippen MR) is 55.0 cm³/mol. The zero-order valence-corrected chi connectivity index (χ0v) is 9.13. The fraction of sp³-hybridized carbons (Fsp3) is 0. The van der Waals surface area contributed by atoms with E-state index < -0.39 is 44.0 Å². The molecule has 0 aromatic heterocycles. The van der Waals surface area contributed by atoms with Crippen molar-refractivity contribution in [3.8, 4) is 0 Å². The van der Waals surface area contributed by atoms with Crippen LogP contribution in [0.4, 0.5) is 28.9 Å². The molecule has 0 spiro atoms. The minimum atomic E-state index is -2.29. The van der Waals surface area contributed by atoms with Crippen LogP contribution in [0.3, 0.4) is 0 Å². The summed E-state index contributed by atoms with van der Waals surface area (Å²) in [6, 6.07) is 0. The molecule has 0 atom stereocenters. The maximum atomic E-state index is 13.2. The van der Waals surface area contributed by atoms with E-state index in [2.05, 4.69) is 12.2 Å². The van der Waals surface area contributed by atoms with Gasteiger partial charge in [-0.25, -0.2) is 13.2 Å². The summed E-state index contributed by atoms with van der Waals surface area (Å²) in [6.45, 7) is 0. The van der Waals surface area contributed by atoms with Crippen LogP contribution in [0.25, 0.3) is 0 Å². The maximum absolute atomic E-state index is 13.2. The van der Waals surface area contributed by atoms with Crippen molar-refractivity contribution in [2.75, 3.05) is 5.32 Å². The van der Waals surface area contributed by atoms with Crippen LogP contribution in [0.15, 0.2) is 0 Å². The zero-order valence-electron chi connectivity index (χ0n) is 7.56. The van der Waals surface area contributed by atoms with E-state index in [1.165, 1.54) is 0 Å². The molecule has 10 heteroatoms. The van der Waals surface area contributed by atoms with Crippen LogP contribution in [0.5, 0.6) is 0 Å². The van der Waals surface area contributed by atoms with Gasteiger partial charge in [-0.05, 0) is 12.2 Å². The fourth-order valence-corrected chi connectivity index (χ4v) is 1.20. The molecule has 1 aromatic carbocycles. The Morgan fingerprint density at radius 1 is 1.18 bits per heavy atom. The molecule has 17 heavy (non-hydrogen) atoms. The Labute approximate surface area is 101 Å². The average molecular weight is 289 g/mol. The van der Waals surface area contributed by atoms with Crippen molar-refractivity contribution in [3.63, 3.8) is 0 Å². The number of nitro groups is 1. The van der Waals surface area contributed by atoms with Crippen molar-refractivity contribution < 1.29 is 22.5 Å². The molecule has 0 amide bonds. The van der Waals surface area contributed by atoms with E-state index >= 15 is 0 Å². The number of nitrogens with zero attached hydrogens (tertiary/aromatic N) is 1. The summed E-state index contributed by atoms with van der Waals surface area (Å²) in [4.78, 5) is 8.99. The van der Waals surface area contributed by atoms with Gasteiger partial charge in [-0.2, -0.15) is 4.39 Å². The number of nitrogens with one attached hydrogen (secondary N) is 1. The maximum Gasteiger partial charge on any atom is 0.334 e. The van der Waals surface area contributed by atoms with Gasteiger partial charge in [0.1, 0.15) is 0 Å². The van der Waals surface area contributed by atoms with E-state index in [1.807, 2.05) is 0 Å². The van der Waals surface area contributed by atoms with Gasteiger partial charge >= 0.3 is 5.69 Å². The van der Waals surface area contributed by atoms with Crippen LogP contribution in [0.2, 0.25) is 0 Å². The zero-order chi connectivity index (χ0) is 13.3.